The molecule has 0 atom stereocenters. The number of para-hydroxylation sites is 1. The van der Waals surface area contributed by atoms with Crippen LogP contribution in [0.5, 0.6) is 0 Å². The van der Waals surface area contributed by atoms with Crippen LogP contribution in [0.25, 0.3) is 64.3 Å². The molecule has 51 heavy (non-hydrogen) atoms. The van der Waals surface area contributed by atoms with Crippen LogP contribution in [0.3, 0.4) is 0 Å². The Morgan fingerprint density at radius 2 is 1.12 bits per heavy atom. The summed E-state index contributed by atoms with van der Waals surface area (Å²) in [5.41, 5.74) is 11.3. The molecule has 0 bridgehead atoms. The van der Waals surface area contributed by atoms with Crippen LogP contribution >= 0.6 is 11.3 Å². The Bertz CT molecular complexity index is 2780. The van der Waals surface area contributed by atoms with Gasteiger partial charge in [-0.05, 0) is 91.4 Å². The summed E-state index contributed by atoms with van der Waals surface area (Å²) in [6.45, 7) is 5.06. The Morgan fingerprint density at radius 3 is 1.96 bits per heavy atom. The summed E-state index contributed by atoms with van der Waals surface area (Å²) >= 11 is 1.95. The maximum Gasteiger partial charge on any atom is 0.114 e. The molecule has 0 fully saturated rings. The molecule has 0 radical (unpaired) electrons. The van der Waals surface area contributed by atoms with Gasteiger partial charge >= 0.3 is 0 Å². The van der Waals surface area contributed by atoms with E-state index in [0.717, 1.165) is 5.69 Å². The number of nitrogens with zero attached hydrogens (tertiary/aromatic N) is 1. The summed E-state index contributed by atoms with van der Waals surface area (Å²) in [6, 6.07) is 65.0. The SMILES string of the molecule is C[Si]1(C)c2cc(N(c3ccc4cc(-c5ccccc5)ccc4c3)c3ccccc3-c3ccccc3)ccc2-c2c1ccc1c2sc2ccccc21. The lowest BCUT2D eigenvalue weighted by Gasteiger charge is -2.29. The van der Waals surface area contributed by atoms with Crippen molar-refractivity contribution in [2.75, 3.05) is 4.90 Å². The average molecular weight is 686 g/mol. The zero-order chi connectivity index (χ0) is 34.1. The van der Waals surface area contributed by atoms with Crippen LogP contribution in [0.4, 0.5) is 17.1 Å². The molecule has 10 rings (SSSR count). The molecule has 0 saturated heterocycles. The van der Waals surface area contributed by atoms with E-state index in [0.29, 0.717) is 0 Å². The summed E-state index contributed by atoms with van der Waals surface area (Å²) in [6.07, 6.45) is 0. The van der Waals surface area contributed by atoms with E-state index in [4.69, 9.17) is 0 Å². The van der Waals surface area contributed by atoms with Gasteiger partial charge in [0.25, 0.3) is 0 Å². The van der Waals surface area contributed by atoms with Crippen molar-refractivity contribution in [2.24, 2.45) is 0 Å². The molecule has 1 aliphatic rings. The first-order valence-electron chi connectivity index (χ1n) is 17.7. The van der Waals surface area contributed by atoms with Crippen molar-refractivity contribution in [1.82, 2.24) is 0 Å². The van der Waals surface area contributed by atoms with Crippen LogP contribution < -0.4 is 15.3 Å². The number of anilines is 3. The molecule has 8 aromatic carbocycles. The van der Waals surface area contributed by atoms with Gasteiger partial charge in [0.1, 0.15) is 8.07 Å². The predicted octanol–water partition coefficient (Wildman–Crippen LogP) is 12.8. The maximum absolute atomic E-state index is 2.53. The molecule has 9 aromatic rings. The molecule has 0 unspecified atom stereocenters. The summed E-state index contributed by atoms with van der Waals surface area (Å²) in [5.74, 6) is 0. The highest BCUT2D eigenvalue weighted by atomic mass is 32.1. The molecule has 0 aliphatic carbocycles. The summed E-state index contributed by atoms with van der Waals surface area (Å²) in [5, 5.41) is 8.26. The summed E-state index contributed by atoms with van der Waals surface area (Å²) in [4.78, 5) is 2.48. The first-order chi connectivity index (χ1) is 25.0. The van der Waals surface area contributed by atoms with E-state index in [1.165, 1.54) is 80.9 Å². The van der Waals surface area contributed by atoms with Crippen molar-refractivity contribution >= 4 is 77.8 Å². The highest BCUT2D eigenvalue weighted by Gasteiger charge is 2.39. The highest BCUT2D eigenvalue weighted by Crippen LogP contribution is 2.45. The van der Waals surface area contributed by atoms with Gasteiger partial charge in [0.15, 0.2) is 0 Å². The molecule has 0 amide bonds. The number of fused-ring (bicyclic) bond motifs is 8. The zero-order valence-electron chi connectivity index (χ0n) is 28.6. The van der Waals surface area contributed by atoms with E-state index in [-0.39, 0.29) is 0 Å². The Hall–Kier alpha value is -5.74. The second-order valence-electron chi connectivity index (χ2n) is 14.1. The molecule has 0 saturated carbocycles. The van der Waals surface area contributed by atoms with Gasteiger partial charge in [-0.3, -0.25) is 0 Å². The lowest BCUT2D eigenvalue weighted by molar-refractivity contribution is 1.29. The van der Waals surface area contributed by atoms with E-state index >= 15 is 0 Å². The fourth-order valence-electron chi connectivity index (χ4n) is 8.27. The Morgan fingerprint density at radius 1 is 0.451 bits per heavy atom. The van der Waals surface area contributed by atoms with Crippen molar-refractivity contribution in [3.63, 3.8) is 0 Å². The second-order valence-corrected chi connectivity index (χ2v) is 19.5. The second kappa shape index (κ2) is 11.7. The minimum absolute atomic E-state index is 1.15. The molecule has 3 heteroatoms. The van der Waals surface area contributed by atoms with Gasteiger partial charge in [0.2, 0.25) is 0 Å². The van der Waals surface area contributed by atoms with Crippen molar-refractivity contribution < 1.29 is 0 Å². The van der Waals surface area contributed by atoms with Gasteiger partial charge < -0.3 is 4.90 Å². The standard InChI is InChI=1S/C48H35NSSi/c1-51(2)45-28-27-41-40-18-10-12-20-44(40)50-48(41)47(45)42-26-25-38(31-46(42)51)49(43-19-11-9-17-39(43)33-15-7-4-8-16-33)37-24-23-35-29-34(21-22-36(35)30-37)32-13-5-3-6-14-32/h3-31H,1-2H3. The van der Waals surface area contributed by atoms with Crippen LogP contribution in [-0.2, 0) is 0 Å². The summed E-state index contributed by atoms with van der Waals surface area (Å²) < 4.78 is 2.79. The molecular weight excluding hydrogens is 651 g/mol. The molecule has 0 spiro atoms. The topological polar surface area (TPSA) is 3.24 Å². The van der Waals surface area contributed by atoms with E-state index < -0.39 is 8.07 Å². The number of benzene rings is 8. The molecule has 2 heterocycles. The Kier molecular flexibility index (Phi) is 6.89. The number of rotatable bonds is 5. The van der Waals surface area contributed by atoms with Gasteiger partial charge in [0, 0.05) is 37.1 Å². The molecular formula is C48H35NSSi. The van der Waals surface area contributed by atoms with Gasteiger partial charge in [-0.25, -0.2) is 0 Å². The van der Waals surface area contributed by atoms with Gasteiger partial charge in [-0.2, -0.15) is 0 Å². The van der Waals surface area contributed by atoms with E-state index in [9.17, 15) is 0 Å². The Labute approximate surface area is 303 Å². The monoisotopic (exact) mass is 685 g/mol. The Balaban J connectivity index is 1.17. The molecule has 1 aromatic heterocycles. The molecule has 1 aliphatic heterocycles. The minimum atomic E-state index is -2.01. The van der Waals surface area contributed by atoms with Crippen LogP contribution in [0.2, 0.25) is 13.1 Å². The van der Waals surface area contributed by atoms with E-state index in [1.54, 1.807) is 5.19 Å². The number of hydrogen-bond donors (Lipinski definition) is 0. The smallest absolute Gasteiger partial charge is 0.114 e. The first-order valence-corrected chi connectivity index (χ1v) is 21.5. The van der Waals surface area contributed by atoms with Crippen molar-refractivity contribution in [2.45, 2.75) is 13.1 Å². The normalized spacial score (nSPS) is 13.1. The average Bonchev–Trinajstić information content (AvgIpc) is 3.67. The fraction of sp³-hybridized carbons (Fsp3) is 0.0417. The first kappa shape index (κ1) is 30.1. The van der Waals surface area contributed by atoms with E-state index in [1.807, 2.05) is 11.3 Å². The van der Waals surface area contributed by atoms with Crippen molar-refractivity contribution in [3.8, 4) is 33.4 Å². The maximum atomic E-state index is 2.53. The third-order valence-electron chi connectivity index (χ3n) is 10.8. The number of thiophene rings is 1. The minimum Gasteiger partial charge on any atom is -0.310 e. The highest BCUT2D eigenvalue weighted by molar-refractivity contribution is 7.26. The third kappa shape index (κ3) is 4.80. The summed E-state index contributed by atoms with van der Waals surface area (Å²) in [7, 11) is -2.01. The molecule has 1 nitrogen and oxygen atoms in total. The van der Waals surface area contributed by atoms with Crippen LogP contribution in [0.15, 0.2) is 176 Å². The van der Waals surface area contributed by atoms with Crippen LogP contribution in [0, 0.1) is 0 Å². The van der Waals surface area contributed by atoms with Crippen molar-refractivity contribution in [3.05, 3.63) is 176 Å². The predicted molar refractivity (Wildman–Crippen MR) is 225 cm³/mol. The van der Waals surface area contributed by atoms with Gasteiger partial charge in [-0.15, -0.1) is 11.3 Å². The van der Waals surface area contributed by atoms with Crippen LogP contribution in [-0.4, -0.2) is 8.07 Å². The zero-order valence-corrected chi connectivity index (χ0v) is 30.4. The van der Waals surface area contributed by atoms with Gasteiger partial charge in [0.05, 0.1) is 5.69 Å². The lowest BCUT2D eigenvalue weighted by atomic mass is 9.99. The van der Waals surface area contributed by atoms with Crippen LogP contribution in [0.1, 0.15) is 0 Å². The lowest BCUT2D eigenvalue weighted by Crippen LogP contribution is -2.49. The van der Waals surface area contributed by atoms with Gasteiger partial charge in [-0.1, -0.05) is 147 Å². The quantitative estimate of drug-likeness (QED) is 0.163. The van der Waals surface area contributed by atoms with Crippen molar-refractivity contribution in [1.29, 1.82) is 0 Å². The molecule has 242 valence electrons. The third-order valence-corrected chi connectivity index (χ3v) is 15.6. The molecule has 0 N–H and O–H groups in total. The van der Waals surface area contributed by atoms with E-state index in [2.05, 4.69) is 194 Å². The fourth-order valence-corrected chi connectivity index (χ4v) is 12.7. The number of hydrogen-bond acceptors (Lipinski definition) is 2. The largest absolute Gasteiger partial charge is 0.310 e.